The van der Waals surface area contributed by atoms with Crippen LogP contribution in [-0.2, 0) is 11.2 Å². The number of aliphatic hydroxyl groups is 2. The summed E-state index contributed by atoms with van der Waals surface area (Å²) in [6.07, 6.45) is 0.277. The van der Waals surface area contributed by atoms with Crippen LogP contribution in [0.15, 0.2) is 12.1 Å². The number of hydrogen-bond donors (Lipinski definition) is 5. The molecule has 1 aromatic rings. The summed E-state index contributed by atoms with van der Waals surface area (Å²) in [7, 11) is 0. The van der Waals surface area contributed by atoms with Crippen LogP contribution >= 0.6 is 0 Å². The predicted octanol–water partition coefficient (Wildman–Crippen LogP) is 0.561. The molecule has 1 aliphatic carbocycles. The lowest BCUT2D eigenvalue weighted by Crippen LogP contribution is -2.47. The average molecular weight is 309 g/mol. The van der Waals surface area contributed by atoms with Gasteiger partial charge in [0.1, 0.15) is 0 Å². The van der Waals surface area contributed by atoms with Gasteiger partial charge in [-0.25, -0.2) is 0 Å². The smallest absolute Gasteiger partial charge is 0.161 e. The molecule has 122 valence electrons. The van der Waals surface area contributed by atoms with Gasteiger partial charge in [0, 0.05) is 24.4 Å². The highest BCUT2D eigenvalue weighted by Gasteiger charge is 2.40. The first kappa shape index (κ1) is 15.6. The average Bonchev–Trinajstić information content (AvgIpc) is 2.53. The van der Waals surface area contributed by atoms with Crippen molar-refractivity contribution in [3.63, 3.8) is 0 Å². The summed E-state index contributed by atoms with van der Waals surface area (Å²) in [4.78, 5) is 0. The van der Waals surface area contributed by atoms with Crippen LogP contribution in [0.5, 0.6) is 11.5 Å². The van der Waals surface area contributed by atoms with Gasteiger partial charge < -0.3 is 30.9 Å². The second-order valence-electron chi connectivity index (χ2n) is 6.26. The Morgan fingerprint density at radius 2 is 1.95 bits per heavy atom. The number of ether oxygens (including phenoxy) is 1. The van der Waals surface area contributed by atoms with Crippen molar-refractivity contribution in [2.24, 2.45) is 11.7 Å². The maximum absolute atomic E-state index is 10.2. The van der Waals surface area contributed by atoms with Crippen molar-refractivity contribution in [2.45, 2.75) is 50.1 Å². The molecule has 6 nitrogen and oxygen atoms in total. The van der Waals surface area contributed by atoms with Crippen molar-refractivity contribution in [3.05, 3.63) is 23.3 Å². The molecule has 1 aliphatic heterocycles. The van der Waals surface area contributed by atoms with E-state index in [9.17, 15) is 20.4 Å². The Hall–Kier alpha value is -1.34. The second kappa shape index (κ2) is 6.04. The molecule has 6 heteroatoms. The maximum atomic E-state index is 10.2. The van der Waals surface area contributed by atoms with Crippen molar-refractivity contribution < 1.29 is 25.2 Å². The van der Waals surface area contributed by atoms with Crippen molar-refractivity contribution in [2.75, 3.05) is 6.54 Å². The highest BCUT2D eigenvalue weighted by Crippen LogP contribution is 2.43. The van der Waals surface area contributed by atoms with Crippen molar-refractivity contribution in [3.8, 4) is 11.5 Å². The van der Waals surface area contributed by atoms with Gasteiger partial charge in [-0.1, -0.05) is 12.5 Å². The van der Waals surface area contributed by atoms with Gasteiger partial charge in [-0.3, -0.25) is 0 Å². The molecule has 3 rings (SSSR count). The third kappa shape index (κ3) is 2.56. The van der Waals surface area contributed by atoms with E-state index in [1.54, 1.807) is 6.07 Å². The van der Waals surface area contributed by atoms with E-state index in [0.717, 1.165) is 18.4 Å². The molecule has 2 aliphatic rings. The van der Waals surface area contributed by atoms with Crippen LogP contribution in [0.2, 0.25) is 0 Å². The first-order valence-corrected chi connectivity index (χ1v) is 7.78. The summed E-state index contributed by atoms with van der Waals surface area (Å²) in [5.41, 5.74) is 7.18. The largest absolute Gasteiger partial charge is 0.504 e. The number of hydrogen-bond acceptors (Lipinski definition) is 6. The number of rotatable bonds is 2. The lowest BCUT2D eigenvalue weighted by molar-refractivity contribution is -0.124. The summed E-state index contributed by atoms with van der Waals surface area (Å²) in [5, 5.41) is 40.0. The Morgan fingerprint density at radius 3 is 2.68 bits per heavy atom. The summed E-state index contributed by atoms with van der Waals surface area (Å²) in [5.74, 6) is -0.512. The van der Waals surface area contributed by atoms with Gasteiger partial charge in [0.2, 0.25) is 0 Å². The van der Waals surface area contributed by atoms with Crippen LogP contribution in [-0.4, -0.2) is 45.3 Å². The van der Waals surface area contributed by atoms with Crippen molar-refractivity contribution in [1.29, 1.82) is 0 Å². The lowest BCUT2D eigenvalue weighted by Gasteiger charge is -2.41. The Bertz CT molecular complexity index is 550. The zero-order valence-corrected chi connectivity index (χ0v) is 12.4. The van der Waals surface area contributed by atoms with E-state index >= 15 is 0 Å². The number of benzene rings is 1. The predicted molar refractivity (Wildman–Crippen MR) is 79.5 cm³/mol. The number of phenolic OH excluding ortho intramolecular Hbond substituents is 2. The molecule has 5 unspecified atom stereocenters. The molecule has 6 N–H and O–H groups in total. The van der Waals surface area contributed by atoms with Gasteiger partial charge in [0.25, 0.3) is 0 Å². The van der Waals surface area contributed by atoms with Crippen LogP contribution < -0.4 is 5.73 Å². The minimum atomic E-state index is -0.835. The standard InChI is InChI=1S/C16H23NO5/c17-7-14-8-4-5-12(19)16(21)10(8)6-13(22-14)9-2-1-3-11(18)15(9)20/h4-5,9,11,13-15,18-21H,1-3,6-7,17H2. The number of nitrogens with two attached hydrogens (primary N) is 1. The fourth-order valence-corrected chi connectivity index (χ4v) is 3.72. The Labute approximate surface area is 129 Å². The zero-order chi connectivity index (χ0) is 15.9. The topological polar surface area (TPSA) is 116 Å². The molecule has 0 saturated heterocycles. The molecule has 1 heterocycles. The third-order valence-corrected chi connectivity index (χ3v) is 4.95. The van der Waals surface area contributed by atoms with E-state index in [2.05, 4.69) is 0 Å². The molecule has 0 bridgehead atoms. The SMILES string of the molecule is NCC1OC(C2CCCC(O)C2O)Cc2c1ccc(O)c2O. The van der Waals surface area contributed by atoms with Crippen LogP contribution in [0.3, 0.4) is 0 Å². The molecule has 0 spiro atoms. The van der Waals surface area contributed by atoms with E-state index in [0.29, 0.717) is 18.4 Å². The minimum Gasteiger partial charge on any atom is -0.504 e. The van der Waals surface area contributed by atoms with Crippen LogP contribution in [0.25, 0.3) is 0 Å². The molecule has 0 aromatic heterocycles. The zero-order valence-electron chi connectivity index (χ0n) is 12.4. The minimum absolute atomic E-state index is 0.143. The van der Waals surface area contributed by atoms with Gasteiger partial charge in [-0.15, -0.1) is 0 Å². The van der Waals surface area contributed by atoms with E-state index < -0.39 is 12.2 Å². The van der Waals surface area contributed by atoms with Crippen molar-refractivity contribution >= 4 is 0 Å². The van der Waals surface area contributed by atoms with E-state index in [-0.39, 0.29) is 36.2 Å². The van der Waals surface area contributed by atoms with Crippen LogP contribution in [0.4, 0.5) is 0 Å². The molecule has 5 atom stereocenters. The molecule has 22 heavy (non-hydrogen) atoms. The number of aromatic hydroxyl groups is 2. The highest BCUT2D eigenvalue weighted by atomic mass is 16.5. The fourth-order valence-electron chi connectivity index (χ4n) is 3.72. The Morgan fingerprint density at radius 1 is 1.18 bits per heavy atom. The summed E-state index contributed by atoms with van der Waals surface area (Å²) < 4.78 is 6.03. The first-order valence-electron chi connectivity index (χ1n) is 7.78. The molecule has 1 saturated carbocycles. The normalized spacial score (nSPS) is 35.1. The number of aliphatic hydroxyl groups excluding tert-OH is 2. The van der Waals surface area contributed by atoms with Gasteiger partial charge in [-0.05, 0) is 24.5 Å². The highest BCUT2D eigenvalue weighted by molar-refractivity contribution is 5.51. The van der Waals surface area contributed by atoms with Crippen LogP contribution in [0, 0.1) is 5.92 Å². The van der Waals surface area contributed by atoms with E-state index in [4.69, 9.17) is 10.5 Å². The lowest BCUT2D eigenvalue weighted by atomic mass is 9.77. The van der Waals surface area contributed by atoms with Gasteiger partial charge in [0.15, 0.2) is 11.5 Å². The van der Waals surface area contributed by atoms with Crippen molar-refractivity contribution in [1.82, 2.24) is 0 Å². The molecule has 0 amide bonds. The van der Waals surface area contributed by atoms with E-state index in [1.807, 2.05) is 0 Å². The molecule has 1 fully saturated rings. The molecule has 0 radical (unpaired) electrons. The quantitative estimate of drug-likeness (QED) is 0.510. The van der Waals surface area contributed by atoms with Gasteiger partial charge >= 0.3 is 0 Å². The van der Waals surface area contributed by atoms with E-state index in [1.165, 1.54) is 6.07 Å². The second-order valence-corrected chi connectivity index (χ2v) is 6.26. The van der Waals surface area contributed by atoms with Gasteiger partial charge in [0.05, 0.1) is 24.4 Å². The summed E-state index contributed by atoms with van der Waals surface area (Å²) in [6, 6.07) is 3.14. The third-order valence-electron chi connectivity index (χ3n) is 4.95. The summed E-state index contributed by atoms with van der Waals surface area (Å²) in [6.45, 7) is 0.249. The molecular formula is C16H23NO5. The fraction of sp³-hybridized carbons (Fsp3) is 0.625. The summed E-state index contributed by atoms with van der Waals surface area (Å²) >= 11 is 0. The monoisotopic (exact) mass is 309 g/mol. The number of phenols is 2. The Kier molecular flexibility index (Phi) is 4.27. The number of fused-ring (bicyclic) bond motifs is 1. The Balaban J connectivity index is 1.91. The van der Waals surface area contributed by atoms with Gasteiger partial charge in [-0.2, -0.15) is 0 Å². The maximum Gasteiger partial charge on any atom is 0.161 e. The first-order chi connectivity index (χ1) is 10.5. The van der Waals surface area contributed by atoms with Crippen LogP contribution in [0.1, 0.15) is 36.5 Å². The molecule has 1 aromatic carbocycles. The molecular weight excluding hydrogens is 286 g/mol.